The van der Waals surface area contributed by atoms with Gasteiger partial charge < -0.3 is 10.1 Å². The van der Waals surface area contributed by atoms with E-state index in [4.69, 9.17) is 4.74 Å². The Kier molecular flexibility index (Phi) is 4.28. The zero-order valence-corrected chi connectivity index (χ0v) is 15.0. The average molecular weight is 377 g/mol. The highest BCUT2D eigenvalue weighted by molar-refractivity contribution is 6.09. The van der Waals surface area contributed by atoms with Crippen molar-refractivity contribution in [3.05, 3.63) is 60.4 Å². The number of benzene rings is 1. The Balaban J connectivity index is 1.65. The Morgan fingerprint density at radius 3 is 2.71 bits per heavy atom. The van der Waals surface area contributed by atoms with E-state index >= 15 is 0 Å². The van der Waals surface area contributed by atoms with Crippen LogP contribution < -0.4 is 5.32 Å². The number of ether oxygens (including phenoxy) is 1. The first-order valence-electron chi connectivity index (χ1n) is 8.24. The lowest BCUT2D eigenvalue weighted by atomic mass is 10.1. The van der Waals surface area contributed by atoms with Gasteiger partial charge in [-0.3, -0.25) is 14.0 Å². The standard InChI is InChI=1S/C18H15N7O3/c1-24-15-8-14(12(18(27)28-2)7-11(15)9-20-24)21-17(26)13-3-4-16(23-22-13)25-6-5-19-10-25/h3-10H,1-2H3,(H,21,26). The summed E-state index contributed by atoms with van der Waals surface area (Å²) in [6, 6.07) is 6.48. The van der Waals surface area contributed by atoms with Crippen LogP contribution in [-0.4, -0.2) is 48.5 Å². The molecule has 3 aromatic heterocycles. The van der Waals surface area contributed by atoms with E-state index in [1.54, 1.807) is 59.4 Å². The minimum atomic E-state index is -0.567. The Morgan fingerprint density at radius 2 is 2.04 bits per heavy atom. The van der Waals surface area contributed by atoms with Gasteiger partial charge in [-0.05, 0) is 24.3 Å². The first-order valence-corrected chi connectivity index (χ1v) is 8.24. The maximum absolute atomic E-state index is 12.6. The molecule has 0 aliphatic carbocycles. The van der Waals surface area contributed by atoms with Gasteiger partial charge in [-0.2, -0.15) is 5.10 Å². The van der Waals surface area contributed by atoms with Crippen LogP contribution in [0.5, 0.6) is 0 Å². The van der Waals surface area contributed by atoms with Gasteiger partial charge in [0, 0.05) is 24.8 Å². The molecule has 1 amide bonds. The van der Waals surface area contributed by atoms with E-state index in [0.29, 0.717) is 11.5 Å². The number of amides is 1. The lowest BCUT2D eigenvalue weighted by Gasteiger charge is -2.10. The SMILES string of the molecule is COC(=O)c1cc2cnn(C)c2cc1NC(=O)c1ccc(-n2ccnc2)nn1. The number of esters is 1. The lowest BCUT2D eigenvalue weighted by Crippen LogP contribution is -2.17. The normalized spacial score (nSPS) is 10.8. The van der Waals surface area contributed by atoms with Crippen LogP contribution in [-0.2, 0) is 11.8 Å². The number of hydrogen-bond acceptors (Lipinski definition) is 7. The zero-order valence-electron chi connectivity index (χ0n) is 15.0. The van der Waals surface area contributed by atoms with Gasteiger partial charge in [-0.1, -0.05) is 0 Å². The lowest BCUT2D eigenvalue weighted by molar-refractivity contribution is 0.0602. The van der Waals surface area contributed by atoms with Gasteiger partial charge in [-0.25, -0.2) is 9.78 Å². The maximum Gasteiger partial charge on any atom is 0.340 e. The van der Waals surface area contributed by atoms with E-state index in [2.05, 4.69) is 25.6 Å². The van der Waals surface area contributed by atoms with Crippen LogP contribution in [0.3, 0.4) is 0 Å². The van der Waals surface area contributed by atoms with Gasteiger partial charge in [0.25, 0.3) is 5.91 Å². The summed E-state index contributed by atoms with van der Waals surface area (Å²) in [4.78, 5) is 28.7. The molecule has 3 heterocycles. The average Bonchev–Trinajstić information content (AvgIpc) is 3.37. The molecule has 0 bridgehead atoms. The molecule has 1 N–H and O–H groups in total. The number of methoxy groups -OCH3 is 1. The highest BCUT2D eigenvalue weighted by Crippen LogP contribution is 2.25. The van der Waals surface area contributed by atoms with E-state index in [1.807, 2.05) is 0 Å². The van der Waals surface area contributed by atoms with Gasteiger partial charge in [0.05, 0.1) is 30.1 Å². The Labute approximate surface area is 158 Å². The summed E-state index contributed by atoms with van der Waals surface area (Å²) >= 11 is 0. The molecule has 0 unspecified atom stereocenters. The van der Waals surface area contributed by atoms with Crippen molar-refractivity contribution in [2.45, 2.75) is 0 Å². The molecule has 28 heavy (non-hydrogen) atoms. The fraction of sp³-hybridized carbons (Fsp3) is 0.111. The molecule has 0 saturated heterocycles. The molecule has 0 radical (unpaired) electrons. The monoisotopic (exact) mass is 377 g/mol. The van der Waals surface area contributed by atoms with Crippen LogP contribution in [0.4, 0.5) is 5.69 Å². The highest BCUT2D eigenvalue weighted by Gasteiger charge is 2.18. The quantitative estimate of drug-likeness (QED) is 0.537. The van der Waals surface area contributed by atoms with Gasteiger partial charge in [-0.15, -0.1) is 10.2 Å². The first-order chi connectivity index (χ1) is 13.6. The van der Waals surface area contributed by atoms with Crippen molar-refractivity contribution in [3.8, 4) is 5.82 Å². The van der Waals surface area contributed by atoms with Crippen LogP contribution in [0.25, 0.3) is 16.7 Å². The van der Waals surface area contributed by atoms with Crippen molar-refractivity contribution in [1.82, 2.24) is 29.5 Å². The molecule has 4 rings (SSSR count). The number of carbonyl (C=O) groups is 2. The number of rotatable bonds is 4. The van der Waals surface area contributed by atoms with Gasteiger partial charge >= 0.3 is 5.97 Å². The predicted molar refractivity (Wildman–Crippen MR) is 99.2 cm³/mol. The number of hydrogen-bond donors (Lipinski definition) is 1. The number of carbonyl (C=O) groups excluding carboxylic acids is 2. The van der Waals surface area contributed by atoms with Crippen molar-refractivity contribution in [2.24, 2.45) is 7.05 Å². The molecular formula is C18H15N7O3. The summed E-state index contributed by atoms with van der Waals surface area (Å²) in [6.45, 7) is 0. The molecule has 0 fully saturated rings. The van der Waals surface area contributed by atoms with Crippen molar-refractivity contribution >= 4 is 28.5 Å². The van der Waals surface area contributed by atoms with E-state index < -0.39 is 11.9 Å². The maximum atomic E-state index is 12.6. The number of aryl methyl sites for hydroxylation is 1. The Morgan fingerprint density at radius 1 is 1.18 bits per heavy atom. The minimum Gasteiger partial charge on any atom is -0.465 e. The molecule has 0 saturated carbocycles. The van der Waals surface area contributed by atoms with E-state index in [1.165, 1.54) is 13.2 Å². The van der Waals surface area contributed by atoms with Crippen LogP contribution in [0.2, 0.25) is 0 Å². The largest absolute Gasteiger partial charge is 0.465 e. The third-order valence-corrected chi connectivity index (χ3v) is 4.19. The number of nitrogens with one attached hydrogen (secondary N) is 1. The molecule has 1 aromatic carbocycles. The smallest absolute Gasteiger partial charge is 0.340 e. The predicted octanol–water partition coefficient (Wildman–Crippen LogP) is 1.59. The third-order valence-electron chi connectivity index (χ3n) is 4.19. The molecule has 0 atom stereocenters. The van der Waals surface area contributed by atoms with E-state index in [-0.39, 0.29) is 11.3 Å². The number of nitrogens with zero attached hydrogens (tertiary/aromatic N) is 6. The molecule has 140 valence electrons. The number of imidazole rings is 1. The molecule has 10 nitrogen and oxygen atoms in total. The summed E-state index contributed by atoms with van der Waals surface area (Å²) in [7, 11) is 3.05. The summed E-state index contributed by atoms with van der Waals surface area (Å²) in [6.07, 6.45) is 6.55. The molecule has 0 spiro atoms. The summed E-state index contributed by atoms with van der Waals surface area (Å²) < 4.78 is 8.13. The second kappa shape index (κ2) is 6.91. The minimum absolute atomic E-state index is 0.102. The second-order valence-electron chi connectivity index (χ2n) is 5.92. The van der Waals surface area contributed by atoms with Crippen molar-refractivity contribution in [1.29, 1.82) is 0 Å². The highest BCUT2D eigenvalue weighted by atomic mass is 16.5. The molecule has 10 heteroatoms. The molecule has 4 aromatic rings. The summed E-state index contributed by atoms with van der Waals surface area (Å²) in [5, 5.41) is 15.6. The van der Waals surface area contributed by atoms with E-state index in [9.17, 15) is 9.59 Å². The fourth-order valence-corrected chi connectivity index (χ4v) is 2.75. The summed E-state index contributed by atoms with van der Waals surface area (Å²) in [5.74, 6) is -0.542. The van der Waals surface area contributed by atoms with Crippen molar-refractivity contribution in [2.75, 3.05) is 12.4 Å². The van der Waals surface area contributed by atoms with Gasteiger partial charge in [0.1, 0.15) is 6.33 Å². The third kappa shape index (κ3) is 3.07. The topological polar surface area (TPSA) is 117 Å². The first kappa shape index (κ1) is 17.3. The molecular weight excluding hydrogens is 362 g/mol. The summed E-state index contributed by atoms with van der Waals surface area (Å²) in [5.41, 5.74) is 1.38. The number of aromatic nitrogens is 6. The number of anilines is 1. The van der Waals surface area contributed by atoms with Crippen LogP contribution in [0.15, 0.2) is 49.2 Å². The second-order valence-corrected chi connectivity index (χ2v) is 5.92. The van der Waals surface area contributed by atoms with E-state index in [0.717, 1.165) is 10.9 Å². The zero-order chi connectivity index (χ0) is 19.7. The van der Waals surface area contributed by atoms with Crippen LogP contribution >= 0.6 is 0 Å². The Bertz CT molecular complexity index is 1160. The molecule has 0 aliphatic heterocycles. The van der Waals surface area contributed by atoms with Gasteiger partial charge in [0.15, 0.2) is 11.5 Å². The van der Waals surface area contributed by atoms with Crippen LogP contribution in [0.1, 0.15) is 20.8 Å². The Hall–Kier alpha value is -4.08. The van der Waals surface area contributed by atoms with Gasteiger partial charge in [0.2, 0.25) is 0 Å². The molecule has 0 aliphatic rings. The van der Waals surface area contributed by atoms with Crippen molar-refractivity contribution < 1.29 is 14.3 Å². The fourth-order valence-electron chi connectivity index (χ4n) is 2.75. The number of fused-ring (bicyclic) bond motifs is 1. The van der Waals surface area contributed by atoms with Crippen molar-refractivity contribution in [3.63, 3.8) is 0 Å². The van der Waals surface area contributed by atoms with Crippen LogP contribution in [0, 0.1) is 0 Å².